The third-order valence-electron chi connectivity index (χ3n) is 5.06. The number of carbonyl (C=O) groups excluding carboxylic acids is 1. The summed E-state index contributed by atoms with van der Waals surface area (Å²) in [6, 6.07) is 7.49. The first-order valence-corrected chi connectivity index (χ1v) is 9.88. The van der Waals surface area contributed by atoms with Crippen molar-refractivity contribution < 1.29 is 13.6 Å². The van der Waals surface area contributed by atoms with Crippen LogP contribution >= 0.6 is 11.3 Å². The predicted octanol–water partition coefficient (Wildman–Crippen LogP) is 3.85. The van der Waals surface area contributed by atoms with Gasteiger partial charge in [-0.1, -0.05) is 0 Å². The van der Waals surface area contributed by atoms with E-state index in [-0.39, 0.29) is 11.9 Å². The average molecular weight is 402 g/mol. The van der Waals surface area contributed by atoms with Crippen molar-refractivity contribution in [1.29, 1.82) is 0 Å². The number of aromatic nitrogens is 1. The maximum absolute atomic E-state index is 13.5. The highest BCUT2D eigenvalue weighted by Crippen LogP contribution is 2.37. The predicted molar refractivity (Wildman–Crippen MR) is 106 cm³/mol. The summed E-state index contributed by atoms with van der Waals surface area (Å²) >= 11 is 1.27. The normalized spacial score (nSPS) is 17.3. The Labute approximate surface area is 165 Å². The Morgan fingerprint density at radius 3 is 2.79 bits per heavy atom. The van der Waals surface area contributed by atoms with Gasteiger partial charge in [0.15, 0.2) is 0 Å². The van der Waals surface area contributed by atoms with Crippen molar-refractivity contribution in [3.8, 4) is 0 Å². The Kier molecular flexibility index (Phi) is 4.99. The van der Waals surface area contributed by atoms with E-state index in [4.69, 9.17) is 10.7 Å². The lowest BCUT2D eigenvalue weighted by molar-refractivity contribution is 0.0968. The highest BCUT2D eigenvalue weighted by Gasteiger charge is 2.28. The van der Waals surface area contributed by atoms with E-state index >= 15 is 0 Å². The monoisotopic (exact) mass is 402 g/mol. The van der Waals surface area contributed by atoms with Gasteiger partial charge in [0.05, 0.1) is 17.4 Å². The van der Waals surface area contributed by atoms with Crippen molar-refractivity contribution in [2.75, 3.05) is 19.3 Å². The number of nitrogens with one attached hydrogen (secondary N) is 1. The molecule has 1 atom stereocenters. The van der Waals surface area contributed by atoms with Crippen LogP contribution in [0.15, 0.2) is 30.3 Å². The molecule has 3 N–H and O–H groups in total. The Bertz CT molecular complexity index is 1030. The van der Waals surface area contributed by atoms with Gasteiger partial charge < -0.3 is 11.1 Å². The molecule has 146 valence electrons. The van der Waals surface area contributed by atoms with Gasteiger partial charge in [-0.05, 0) is 49.2 Å². The molecule has 1 aromatic carbocycles. The molecule has 4 rings (SSSR count). The first-order chi connectivity index (χ1) is 13.5. The minimum atomic E-state index is -0.568. The fourth-order valence-corrected chi connectivity index (χ4v) is 4.81. The summed E-state index contributed by atoms with van der Waals surface area (Å²) < 4.78 is 27.0. The molecule has 0 bridgehead atoms. The van der Waals surface area contributed by atoms with E-state index in [1.165, 1.54) is 23.5 Å². The van der Waals surface area contributed by atoms with Crippen molar-refractivity contribution >= 4 is 33.1 Å². The molecule has 0 radical (unpaired) electrons. The Hall–Kier alpha value is -2.58. The number of benzene rings is 1. The van der Waals surface area contributed by atoms with E-state index in [1.807, 2.05) is 12.1 Å². The highest BCUT2D eigenvalue weighted by atomic mass is 32.1. The standard InChI is InChI=1S/C20H20F2N4OS/c1-24-19(27)18-17(23)14-4-5-15(25-20(14)28-18)16-3-2-6-26(16)10-11-7-12(21)9-13(22)8-11/h4-5,7-9,16H,2-3,6,10,23H2,1H3,(H,24,27)/t16-/m1/s1. The van der Waals surface area contributed by atoms with E-state index in [0.29, 0.717) is 22.7 Å². The van der Waals surface area contributed by atoms with Crippen LogP contribution in [0.25, 0.3) is 10.2 Å². The zero-order valence-electron chi connectivity index (χ0n) is 15.3. The summed E-state index contributed by atoms with van der Waals surface area (Å²) in [6.45, 7) is 1.29. The molecule has 0 unspecified atom stereocenters. The minimum Gasteiger partial charge on any atom is -0.397 e. The van der Waals surface area contributed by atoms with Crippen LogP contribution in [0.1, 0.15) is 39.8 Å². The molecule has 0 spiro atoms. The number of nitrogen functional groups attached to an aromatic ring is 1. The van der Waals surface area contributed by atoms with Gasteiger partial charge in [-0.25, -0.2) is 13.8 Å². The zero-order valence-corrected chi connectivity index (χ0v) is 16.2. The molecule has 1 saturated heterocycles. The second-order valence-corrected chi connectivity index (χ2v) is 7.92. The average Bonchev–Trinajstić information content (AvgIpc) is 3.24. The summed E-state index contributed by atoms with van der Waals surface area (Å²) in [5, 5.41) is 3.36. The van der Waals surface area contributed by atoms with Crippen molar-refractivity contribution in [2.45, 2.75) is 25.4 Å². The fourth-order valence-electron chi connectivity index (χ4n) is 3.77. The number of carbonyl (C=O) groups is 1. The summed E-state index contributed by atoms with van der Waals surface area (Å²) in [5.74, 6) is -1.36. The molecule has 0 saturated carbocycles. The number of halogens is 2. The largest absolute Gasteiger partial charge is 0.397 e. The number of amides is 1. The van der Waals surface area contributed by atoms with Crippen LogP contribution < -0.4 is 11.1 Å². The van der Waals surface area contributed by atoms with Crippen LogP contribution in [0.3, 0.4) is 0 Å². The first kappa shape index (κ1) is 18.8. The van der Waals surface area contributed by atoms with E-state index in [2.05, 4.69) is 10.2 Å². The molecular weight excluding hydrogens is 382 g/mol. The molecule has 3 heterocycles. The van der Waals surface area contributed by atoms with Gasteiger partial charge in [0, 0.05) is 25.0 Å². The number of hydrogen-bond acceptors (Lipinski definition) is 5. The summed E-state index contributed by atoms with van der Waals surface area (Å²) in [4.78, 5) is 20.1. The third kappa shape index (κ3) is 3.45. The van der Waals surface area contributed by atoms with Crippen molar-refractivity contribution in [2.24, 2.45) is 0 Å². The number of likely N-dealkylation sites (tertiary alicyclic amines) is 1. The molecule has 2 aromatic heterocycles. The van der Waals surface area contributed by atoms with Crippen molar-refractivity contribution in [3.05, 3.63) is 58.1 Å². The molecule has 1 amide bonds. The lowest BCUT2D eigenvalue weighted by atomic mass is 10.1. The number of nitrogens with two attached hydrogens (primary N) is 1. The molecule has 1 aliphatic rings. The SMILES string of the molecule is CNC(=O)c1sc2nc([C@H]3CCCN3Cc3cc(F)cc(F)c3)ccc2c1N. The van der Waals surface area contributed by atoms with Gasteiger partial charge in [0.25, 0.3) is 5.91 Å². The van der Waals surface area contributed by atoms with Crippen LogP contribution in [0.2, 0.25) is 0 Å². The molecule has 28 heavy (non-hydrogen) atoms. The van der Waals surface area contributed by atoms with Gasteiger partial charge in [0.1, 0.15) is 21.3 Å². The molecule has 3 aromatic rings. The highest BCUT2D eigenvalue weighted by molar-refractivity contribution is 7.21. The second-order valence-electron chi connectivity index (χ2n) is 6.92. The van der Waals surface area contributed by atoms with Crippen molar-refractivity contribution in [3.63, 3.8) is 0 Å². The van der Waals surface area contributed by atoms with Crippen molar-refractivity contribution in [1.82, 2.24) is 15.2 Å². The topological polar surface area (TPSA) is 71.2 Å². The van der Waals surface area contributed by atoms with Gasteiger partial charge >= 0.3 is 0 Å². The zero-order chi connectivity index (χ0) is 19.8. The Morgan fingerprint density at radius 2 is 2.07 bits per heavy atom. The maximum atomic E-state index is 13.5. The molecule has 5 nitrogen and oxygen atoms in total. The third-order valence-corrected chi connectivity index (χ3v) is 6.18. The Balaban J connectivity index is 1.63. The Morgan fingerprint density at radius 1 is 1.32 bits per heavy atom. The van der Waals surface area contributed by atoms with Crippen LogP contribution in [0, 0.1) is 11.6 Å². The fraction of sp³-hybridized carbons (Fsp3) is 0.300. The van der Waals surface area contributed by atoms with Crippen LogP contribution in [-0.4, -0.2) is 29.4 Å². The summed E-state index contributed by atoms with van der Waals surface area (Å²) in [6.07, 6.45) is 1.90. The number of rotatable bonds is 4. The summed E-state index contributed by atoms with van der Waals surface area (Å²) in [5.41, 5.74) is 8.03. The van der Waals surface area contributed by atoms with E-state index in [0.717, 1.165) is 41.4 Å². The molecular formula is C20H20F2N4OS. The van der Waals surface area contributed by atoms with E-state index in [1.54, 1.807) is 7.05 Å². The van der Waals surface area contributed by atoms with Gasteiger partial charge in [-0.3, -0.25) is 9.69 Å². The number of nitrogens with zero attached hydrogens (tertiary/aromatic N) is 2. The van der Waals surface area contributed by atoms with Crippen LogP contribution in [-0.2, 0) is 6.54 Å². The first-order valence-electron chi connectivity index (χ1n) is 9.06. The number of anilines is 1. The van der Waals surface area contributed by atoms with Crippen LogP contribution in [0.4, 0.5) is 14.5 Å². The molecule has 1 aliphatic heterocycles. The van der Waals surface area contributed by atoms with Gasteiger partial charge in [-0.2, -0.15) is 0 Å². The lowest BCUT2D eigenvalue weighted by Crippen LogP contribution is -2.23. The van der Waals surface area contributed by atoms with E-state index in [9.17, 15) is 13.6 Å². The van der Waals surface area contributed by atoms with Gasteiger partial charge in [-0.15, -0.1) is 11.3 Å². The quantitative estimate of drug-likeness (QED) is 0.695. The lowest BCUT2D eigenvalue weighted by Gasteiger charge is -2.24. The number of thiophene rings is 1. The smallest absolute Gasteiger partial charge is 0.263 e. The molecule has 8 heteroatoms. The molecule has 1 fully saturated rings. The van der Waals surface area contributed by atoms with Gasteiger partial charge in [0.2, 0.25) is 0 Å². The summed E-state index contributed by atoms with van der Waals surface area (Å²) in [7, 11) is 1.57. The minimum absolute atomic E-state index is 0.0579. The molecule has 0 aliphatic carbocycles. The second kappa shape index (κ2) is 7.44. The van der Waals surface area contributed by atoms with Crippen LogP contribution in [0.5, 0.6) is 0 Å². The maximum Gasteiger partial charge on any atom is 0.263 e. The van der Waals surface area contributed by atoms with E-state index < -0.39 is 11.6 Å². The number of pyridine rings is 1. The number of hydrogen-bond donors (Lipinski definition) is 2. The number of fused-ring (bicyclic) bond motifs is 1.